The summed E-state index contributed by atoms with van der Waals surface area (Å²) in [5.74, 6) is 0. The van der Waals surface area contributed by atoms with E-state index >= 15 is 0 Å². The average molecular weight is 497 g/mol. The molecule has 1 aliphatic rings. The summed E-state index contributed by atoms with van der Waals surface area (Å²) in [6.07, 6.45) is 0. The summed E-state index contributed by atoms with van der Waals surface area (Å²) < 4.78 is 8.69. The minimum Gasteiger partial charge on any atom is -0.427 e. The number of fused-ring (bicyclic) bond motifs is 6. The second-order valence-corrected chi connectivity index (χ2v) is 12.6. The summed E-state index contributed by atoms with van der Waals surface area (Å²) in [5, 5.41) is 19.5. The summed E-state index contributed by atoms with van der Waals surface area (Å²) >= 11 is 3.74. The lowest BCUT2D eigenvalue weighted by atomic mass is 9.82. The van der Waals surface area contributed by atoms with E-state index in [1.807, 2.05) is 36.9 Å². The smallest absolute Gasteiger partial charge is 0.309 e. The van der Waals surface area contributed by atoms with E-state index in [1.54, 1.807) is 13.8 Å². The molecule has 0 radical (unpaired) electrons. The minimum absolute atomic E-state index is 0.207. The van der Waals surface area contributed by atoms with Crippen molar-refractivity contribution in [2.45, 2.75) is 49.2 Å². The molecule has 1 aliphatic heterocycles. The normalized spacial score (nSPS) is 16.1. The van der Waals surface area contributed by atoms with E-state index in [0.717, 1.165) is 5.46 Å². The maximum absolute atomic E-state index is 10.4. The Labute approximate surface area is 214 Å². The van der Waals surface area contributed by atoms with Gasteiger partial charge in [-0.25, -0.2) is 0 Å². The van der Waals surface area contributed by atoms with Gasteiger partial charge in [-0.05, 0) is 67.6 Å². The van der Waals surface area contributed by atoms with E-state index in [9.17, 15) is 5.11 Å². The Morgan fingerprint density at radius 1 is 0.857 bits per heavy atom. The van der Waals surface area contributed by atoms with Gasteiger partial charge in [0.05, 0.1) is 11.2 Å². The zero-order chi connectivity index (χ0) is 24.4. The molecule has 176 valence electrons. The highest BCUT2D eigenvalue weighted by atomic mass is 32.2. The fourth-order valence-electron chi connectivity index (χ4n) is 4.46. The van der Waals surface area contributed by atoms with Crippen molar-refractivity contribution in [1.29, 1.82) is 0 Å². The largest absolute Gasteiger partial charge is 0.427 e. The quantitative estimate of drug-likeness (QED) is 0.258. The van der Waals surface area contributed by atoms with Gasteiger partial charge >= 0.3 is 7.48 Å². The molecule has 2 N–H and O–H groups in total. The van der Waals surface area contributed by atoms with Gasteiger partial charge in [-0.3, -0.25) is 0 Å². The van der Waals surface area contributed by atoms with Gasteiger partial charge in [0.2, 0.25) is 0 Å². The predicted octanol–water partition coefficient (Wildman–Crippen LogP) is 6.97. The van der Waals surface area contributed by atoms with Gasteiger partial charge in [-0.2, -0.15) is 0 Å². The molecule has 3 nitrogen and oxygen atoms in total. The van der Waals surface area contributed by atoms with Crippen molar-refractivity contribution in [3.8, 4) is 0 Å². The molecule has 1 aromatic heterocycles. The van der Waals surface area contributed by atoms with Crippen molar-refractivity contribution in [2.24, 2.45) is 0 Å². The molecule has 0 spiro atoms. The third-order valence-electron chi connectivity index (χ3n) is 7.34. The lowest BCUT2D eigenvalue weighted by Crippen LogP contribution is -2.49. The number of thiophene rings is 1. The van der Waals surface area contributed by atoms with Gasteiger partial charge in [-0.1, -0.05) is 71.8 Å². The number of hydrogen-bond donors (Lipinski definition) is 2. The van der Waals surface area contributed by atoms with Crippen LogP contribution in [0.25, 0.3) is 30.9 Å². The number of rotatable bonds is 5. The Morgan fingerprint density at radius 2 is 1.69 bits per heavy atom. The molecule has 0 saturated heterocycles. The number of hydrogen-bond acceptors (Lipinski definition) is 5. The van der Waals surface area contributed by atoms with Crippen molar-refractivity contribution in [1.82, 2.24) is 0 Å². The van der Waals surface area contributed by atoms with Crippen LogP contribution in [0.2, 0.25) is 0 Å². The molecule has 2 heterocycles. The van der Waals surface area contributed by atoms with Crippen LogP contribution in [0.5, 0.6) is 0 Å². The average Bonchev–Trinajstić information content (AvgIpc) is 3.43. The van der Waals surface area contributed by atoms with Crippen LogP contribution in [0.1, 0.15) is 38.6 Å². The molecule has 0 saturated carbocycles. The summed E-state index contributed by atoms with van der Waals surface area (Å²) in [7, 11) is 0.469. The van der Waals surface area contributed by atoms with Crippen molar-refractivity contribution in [3.63, 3.8) is 0 Å². The van der Waals surface area contributed by atoms with Gasteiger partial charge in [0.25, 0.3) is 0 Å². The molecule has 6 heteroatoms. The first-order valence-electron chi connectivity index (χ1n) is 12.0. The molecule has 4 aromatic carbocycles. The van der Waals surface area contributed by atoms with E-state index in [4.69, 9.17) is 4.65 Å². The van der Waals surface area contributed by atoms with Crippen LogP contribution in [0, 0.1) is 0 Å². The van der Waals surface area contributed by atoms with Gasteiger partial charge in [0.1, 0.15) is 5.37 Å². The maximum Gasteiger partial charge on any atom is 0.309 e. The van der Waals surface area contributed by atoms with Crippen molar-refractivity contribution in [2.75, 3.05) is 5.32 Å². The van der Waals surface area contributed by atoms with Gasteiger partial charge in [0.15, 0.2) is 0 Å². The first-order valence-corrected chi connectivity index (χ1v) is 13.7. The molecule has 0 amide bonds. The lowest BCUT2D eigenvalue weighted by molar-refractivity contribution is -0.0893. The van der Waals surface area contributed by atoms with Crippen LogP contribution in [-0.2, 0) is 4.65 Å². The highest BCUT2D eigenvalue weighted by Crippen LogP contribution is 2.50. The molecule has 5 aromatic rings. The summed E-state index contributed by atoms with van der Waals surface area (Å²) in [6, 6.07) is 26.4. The molecule has 6 rings (SSSR count). The summed E-state index contributed by atoms with van der Waals surface area (Å²) in [4.78, 5) is 1.34. The maximum atomic E-state index is 10.4. The molecule has 0 fully saturated rings. The Hall–Kier alpha value is -2.51. The summed E-state index contributed by atoms with van der Waals surface area (Å²) in [5.41, 5.74) is 2.08. The topological polar surface area (TPSA) is 41.5 Å². The monoisotopic (exact) mass is 497 g/mol. The fraction of sp³-hybridized carbons (Fsp3) is 0.241. The second-order valence-electron chi connectivity index (χ2n) is 10.4. The zero-order valence-electron chi connectivity index (χ0n) is 20.4. The highest BCUT2D eigenvalue weighted by Gasteiger charge is 2.35. The van der Waals surface area contributed by atoms with Gasteiger partial charge in [0, 0.05) is 25.4 Å². The lowest BCUT2D eigenvalue weighted by Gasteiger charge is -2.37. The second kappa shape index (κ2) is 8.27. The van der Waals surface area contributed by atoms with E-state index in [-0.39, 0.29) is 5.37 Å². The van der Waals surface area contributed by atoms with E-state index in [2.05, 4.69) is 78.1 Å². The Kier molecular flexibility index (Phi) is 5.42. The third kappa shape index (κ3) is 4.03. The van der Waals surface area contributed by atoms with Crippen LogP contribution in [0.15, 0.2) is 77.7 Å². The SMILES string of the molecule is CC(C)(O)C(C)(C)OBc1ccc2sc3cc(C4Nc5ccc6ccccc6c5S4)ccc3c2c1. The highest BCUT2D eigenvalue weighted by molar-refractivity contribution is 8.00. The van der Waals surface area contributed by atoms with Gasteiger partial charge < -0.3 is 15.1 Å². The minimum atomic E-state index is -0.916. The van der Waals surface area contributed by atoms with Crippen molar-refractivity contribution >= 4 is 72.7 Å². The van der Waals surface area contributed by atoms with Gasteiger partial charge in [-0.15, -0.1) is 11.3 Å². The van der Waals surface area contributed by atoms with Crippen LogP contribution in [0.3, 0.4) is 0 Å². The van der Waals surface area contributed by atoms with E-state index in [1.165, 1.54) is 47.1 Å². The van der Waals surface area contributed by atoms with Crippen LogP contribution >= 0.6 is 23.1 Å². The number of nitrogens with one attached hydrogen (secondary N) is 1. The molecule has 0 bridgehead atoms. The fourth-order valence-corrected chi connectivity index (χ4v) is 6.86. The van der Waals surface area contributed by atoms with Crippen LogP contribution < -0.4 is 10.8 Å². The van der Waals surface area contributed by atoms with Crippen LogP contribution in [-0.4, -0.2) is 23.8 Å². The molecular weight excluding hydrogens is 469 g/mol. The first-order chi connectivity index (χ1) is 16.7. The molecule has 0 aliphatic carbocycles. The number of aliphatic hydroxyl groups is 1. The van der Waals surface area contributed by atoms with Crippen molar-refractivity contribution in [3.05, 3.63) is 78.4 Å². The van der Waals surface area contributed by atoms with Crippen molar-refractivity contribution < 1.29 is 9.76 Å². The first kappa shape index (κ1) is 22.9. The predicted molar refractivity (Wildman–Crippen MR) is 154 cm³/mol. The number of thioether (sulfide) groups is 1. The van der Waals surface area contributed by atoms with E-state index in [0.29, 0.717) is 7.48 Å². The number of anilines is 1. The van der Waals surface area contributed by atoms with Crippen LogP contribution in [0.4, 0.5) is 5.69 Å². The molecule has 1 unspecified atom stereocenters. The Morgan fingerprint density at radius 3 is 2.51 bits per heavy atom. The molecule has 35 heavy (non-hydrogen) atoms. The summed E-state index contributed by atoms with van der Waals surface area (Å²) in [6.45, 7) is 7.45. The van der Waals surface area contributed by atoms with E-state index < -0.39 is 11.2 Å². The molecule has 1 atom stereocenters. The third-order valence-corrected chi connectivity index (χ3v) is 9.77. The molecular formula is C29H28BNO2S2. The Bertz CT molecular complexity index is 1590. The zero-order valence-corrected chi connectivity index (χ0v) is 22.0. The Balaban J connectivity index is 1.29. The standard InChI is InChI=1S/C29H28BNO2S2/c1-28(2,32)29(3,4)33-30-19-11-14-24-22(16-19)21-12-9-18(15-25(21)34-24)27-31-23-13-10-17-7-5-6-8-20(17)26(23)35-27/h5-16,27,30-32H,1-4H3. The number of benzene rings is 4.